The minimum absolute atomic E-state index is 0.0697. The lowest BCUT2D eigenvalue weighted by atomic mass is 9.86. The lowest BCUT2D eigenvalue weighted by molar-refractivity contribution is -0.145. The van der Waals surface area contributed by atoms with Gasteiger partial charge in [-0.2, -0.15) is 0 Å². The smallest absolute Gasteiger partial charge is 0.306 e. The highest BCUT2D eigenvalue weighted by Gasteiger charge is 2.13. The van der Waals surface area contributed by atoms with Crippen molar-refractivity contribution < 1.29 is 9.53 Å². The summed E-state index contributed by atoms with van der Waals surface area (Å²) in [5, 5.41) is 0. The monoisotopic (exact) mass is 318 g/mol. The SMILES string of the molecule is CCCCCCCCCC(=O)OCc1cccc(C(C)(C)C)c1. The lowest BCUT2D eigenvalue weighted by Crippen LogP contribution is -2.11. The van der Waals surface area contributed by atoms with Gasteiger partial charge >= 0.3 is 5.97 Å². The molecule has 0 aromatic heterocycles. The molecule has 0 amide bonds. The van der Waals surface area contributed by atoms with Crippen molar-refractivity contribution in [2.24, 2.45) is 0 Å². The highest BCUT2D eigenvalue weighted by atomic mass is 16.5. The summed E-state index contributed by atoms with van der Waals surface area (Å²) in [5.41, 5.74) is 2.47. The molecule has 1 aromatic carbocycles. The summed E-state index contributed by atoms with van der Waals surface area (Å²) in [7, 11) is 0. The number of unbranched alkanes of at least 4 members (excludes halogenated alkanes) is 6. The summed E-state index contributed by atoms with van der Waals surface area (Å²) < 4.78 is 5.40. The standard InChI is InChI=1S/C21H34O2/c1-5-6-7-8-9-10-11-15-20(22)23-17-18-13-12-14-19(16-18)21(2,3)4/h12-14,16H,5-11,15,17H2,1-4H3. The summed E-state index contributed by atoms with van der Waals surface area (Å²) in [6, 6.07) is 8.33. The Morgan fingerprint density at radius 2 is 1.65 bits per heavy atom. The summed E-state index contributed by atoms with van der Waals surface area (Å²) >= 11 is 0. The fourth-order valence-electron chi connectivity index (χ4n) is 2.59. The molecule has 0 atom stereocenters. The van der Waals surface area contributed by atoms with Gasteiger partial charge in [-0.25, -0.2) is 0 Å². The summed E-state index contributed by atoms with van der Waals surface area (Å²) in [5.74, 6) is -0.0697. The molecule has 0 aliphatic heterocycles. The number of rotatable bonds is 10. The van der Waals surface area contributed by atoms with E-state index in [2.05, 4.69) is 39.8 Å². The van der Waals surface area contributed by atoms with Crippen LogP contribution in [0, 0.1) is 0 Å². The van der Waals surface area contributed by atoms with E-state index in [4.69, 9.17) is 4.74 Å². The molecule has 0 aliphatic rings. The molecule has 23 heavy (non-hydrogen) atoms. The van der Waals surface area contributed by atoms with Gasteiger partial charge in [0.15, 0.2) is 0 Å². The zero-order valence-electron chi connectivity index (χ0n) is 15.5. The summed E-state index contributed by atoms with van der Waals surface area (Å²) in [6.45, 7) is 9.20. The molecule has 130 valence electrons. The molecule has 0 N–H and O–H groups in total. The molecule has 0 saturated heterocycles. The zero-order chi connectivity index (χ0) is 17.1. The van der Waals surface area contributed by atoms with Crippen LogP contribution in [-0.4, -0.2) is 5.97 Å². The average Bonchev–Trinajstić information content (AvgIpc) is 2.51. The molecule has 1 rings (SSSR count). The van der Waals surface area contributed by atoms with E-state index in [1.807, 2.05) is 12.1 Å². The first-order chi connectivity index (χ1) is 10.9. The molecule has 0 spiro atoms. The third kappa shape index (κ3) is 8.78. The Morgan fingerprint density at radius 1 is 1.00 bits per heavy atom. The molecule has 2 nitrogen and oxygen atoms in total. The first-order valence-corrected chi connectivity index (χ1v) is 9.18. The normalized spacial score (nSPS) is 11.5. The Bertz CT molecular complexity index is 457. The van der Waals surface area contributed by atoms with Crippen LogP contribution >= 0.6 is 0 Å². The molecule has 0 radical (unpaired) electrons. The highest BCUT2D eigenvalue weighted by molar-refractivity contribution is 5.69. The molecule has 0 aliphatic carbocycles. The van der Waals surface area contributed by atoms with Crippen LogP contribution in [0.25, 0.3) is 0 Å². The van der Waals surface area contributed by atoms with Gasteiger partial charge < -0.3 is 4.74 Å². The van der Waals surface area contributed by atoms with E-state index in [1.165, 1.54) is 37.7 Å². The minimum atomic E-state index is -0.0697. The van der Waals surface area contributed by atoms with Gasteiger partial charge in [-0.1, -0.05) is 90.5 Å². The lowest BCUT2D eigenvalue weighted by Gasteiger charge is -2.19. The van der Waals surface area contributed by atoms with Gasteiger partial charge in [0.1, 0.15) is 6.61 Å². The van der Waals surface area contributed by atoms with Gasteiger partial charge in [0, 0.05) is 6.42 Å². The van der Waals surface area contributed by atoms with E-state index in [-0.39, 0.29) is 11.4 Å². The van der Waals surface area contributed by atoms with Crippen molar-refractivity contribution in [3.8, 4) is 0 Å². The number of carbonyl (C=O) groups is 1. The van der Waals surface area contributed by atoms with E-state index >= 15 is 0 Å². The number of carbonyl (C=O) groups excluding carboxylic acids is 1. The molecule has 0 bridgehead atoms. The Hall–Kier alpha value is -1.31. The van der Waals surface area contributed by atoms with E-state index in [9.17, 15) is 4.79 Å². The van der Waals surface area contributed by atoms with E-state index < -0.39 is 0 Å². The van der Waals surface area contributed by atoms with Gasteiger partial charge in [0.2, 0.25) is 0 Å². The predicted octanol–water partition coefficient (Wildman–Crippen LogP) is 6.17. The maximum absolute atomic E-state index is 11.8. The number of benzene rings is 1. The second kappa shape index (κ2) is 10.5. The summed E-state index contributed by atoms with van der Waals surface area (Å²) in [6.07, 6.45) is 9.10. The van der Waals surface area contributed by atoms with Crippen molar-refractivity contribution in [3.05, 3.63) is 35.4 Å². The molecule has 0 fully saturated rings. The predicted molar refractivity (Wildman–Crippen MR) is 97.5 cm³/mol. The molecule has 0 unspecified atom stereocenters. The van der Waals surface area contributed by atoms with Crippen LogP contribution in [0.2, 0.25) is 0 Å². The van der Waals surface area contributed by atoms with Crippen LogP contribution in [0.4, 0.5) is 0 Å². The Morgan fingerprint density at radius 3 is 2.30 bits per heavy atom. The maximum Gasteiger partial charge on any atom is 0.306 e. The Balaban J connectivity index is 2.21. The molecule has 0 saturated carbocycles. The van der Waals surface area contributed by atoms with Crippen molar-refractivity contribution in [2.45, 2.75) is 91.1 Å². The van der Waals surface area contributed by atoms with Crippen molar-refractivity contribution in [1.29, 1.82) is 0 Å². The number of hydrogen-bond acceptors (Lipinski definition) is 2. The van der Waals surface area contributed by atoms with Gasteiger partial charge in [0.05, 0.1) is 0 Å². The number of ether oxygens (including phenoxy) is 1. The fraction of sp³-hybridized carbons (Fsp3) is 0.667. The first kappa shape index (κ1) is 19.7. The molecule has 0 heterocycles. The van der Waals surface area contributed by atoms with Crippen LogP contribution in [0.3, 0.4) is 0 Å². The second-order valence-electron chi connectivity index (χ2n) is 7.48. The quantitative estimate of drug-likeness (QED) is 0.381. The van der Waals surface area contributed by atoms with Crippen molar-refractivity contribution in [3.63, 3.8) is 0 Å². The van der Waals surface area contributed by atoms with Crippen LogP contribution in [0.1, 0.15) is 90.2 Å². The topological polar surface area (TPSA) is 26.3 Å². The molecule has 1 aromatic rings. The van der Waals surface area contributed by atoms with Crippen molar-refractivity contribution in [2.75, 3.05) is 0 Å². The van der Waals surface area contributed by atoms with Gasteiger partial charge in [0.25, 0.3) is 0 Å². The van der Waals surface area contributed by atoms with Crippen LogP contribution < -0.4 is 0 Å². The highest BCUT2D eigenvalue weighted by Crippen LogP contribution is 2.23. The zero-order valence-corrected chi connectivity index (χ0v) is 15.5. The van der Waals surface area contributed by atoms with Crippen LogP contribution in [0.5, 0.6) is 0 Å². The number of hydrogen-bond donors (Lipinski definition) is 0. The Kier molecular flexibility index (Phi) is 8.98. The van der Waals surface area contributed by atoms with E-state index in [1.54, 1.807) is 0 Å². The first-order valence-electron chi connectivity index (χ1n) is 9.18. The molecular weight excluding hydrogens is 284 g/mol. The van der Waals surface area contributed by atoms with Gasteiger partial charge in [-0.15, -0.1) is 0 Å². The fourth-order valence-corrected chi connectivity index (χ4v) is 2.59. The van der Waals surface area contributed by atoms with Gasteiger partial charge in [-0.3, -0.25) is 4.79 Å². The third-order valence-corrected chi connectivity index (χ3v) is 4.18. The maximum atomic E-state index is 11.8. The van der Waals surface area contributed by atoms with Crippen molar-refractivity contribution in [1.82, 2.24) is 0 Å². The van der Waals surface area contributed by atoms with E-state index in [0.717, 1.165) is 18.4 Å². The second-order valence-corrected chi connectivity index (χ2v) is 7.48. The minimum Gasteiger partial charge on any atom is -0.461 e. The average molecular weight is 319 g/mol. The molecule has 2 heteroatoms. The van der Waals surface area contributed by atoms with Crippen molar-refractivity contribution >= 4 is 5.97 Å². The van der Waals surface area contributed by atoms with Gasteiger partial charge in [-0.05, 0) is 23.0 Å². The largest absolute Gasteiger partial charge is 0.461 e. The van der Waals surface area contributed by atoms with Crippen LogP contribution in [-0.2, 0) is 21.6 Å². The van der Waals surface area contributed by atoms with E-state index in [0.29, 0.717) is 13.0 Å². The molecular formula is C21H34O2. The third-order valence-electron chi connectivity index (χ3n) is 4.18. The number of esters is 1. The summed E-state index contributed by atoms with van der Waals surface area (Å²) in [4.78, 5) is 11.8. The Labute approximate surface area is 142 Å². The van der Waals surface area contributed by atoms with Crippen LogP contribution in [0.15, 0.2) is 24.3 Å².